The molecule has 18 heavy (non-hydrogen) atoms. The summed E-state index contributed by atoms with van der Waals surface area (Å²) in [7, 11) is 0. The summed E-state index contributed by atoms with van der Waals surface area (Å²) in [6.07, 6.45) is 3.25. The zero-order valence-electron chi connectivity index (χ0n) is 9.18. The van der Waals surface area contributed by atoms with Crippen LogP contribution in [0.1, 0.15) is 0 Å². The van der Waals surface area contributed by atoms with E-state index >= 15 is 0 Å². The van der Waals surface area contributed by atoms with Gasteiger partial charge in [-0.3, -0.25) is 5.32 Å². The van der Waals surface area contributed by atoms with Crippen molar-refractivity contribution >= 4 is 39.2 Å². The average molecular weight is 259 g/mol. The number of anilines is 2. The molecule has 90 valence electrons. The molecule has 0 aliphatic heterocycles. The Morgan fingerprint density at radius 3 is 3.06 bits per heavy atom. The van der Waals surface area contributed by atoms with E-state index in [0.29, 0.717) is 10.8 Å². The van der Waals surface area contributed by atoms with Crippen molar-refractivity contribution in [2.45, 2.75) is 0 Å². The Morgan fingerprint density at radius 2 is 2.22 bits per heavy atom. The number of hydrogen-bond donors (Lipinski definition) is 3. The topological polar surface area (TPSA) is 82.7 Å². The number of aromatic amines is 1. The molecule has 2 aromatic heterocycles. The van der Waals surface area contributed by atoms with E-state index in [1.807, 2.05) is 12.1 Å². The summed E-state index contributed by atoms with van der Waals surface area (Å²) in [6.45, 7) is 0. The van der Waals surface area contributed by atoms with Crippen LogP contribution in [-0.4, -0.2) is 21.0 Å². The number of imidazole rings is 1. The Kier molecular flexibility index (Phi) is 2.66. The molecule has 0 saturated heterocycles. The highest BCUT2D eigenvalue weighted by Crippen LogP contribution is 2.16. The summed E-state index contributed by atoms with van der Waals surface area (Å²) in [5, 5.41) is 7.74. The van der Waals surface area contributed by atoms with Crippen molar-refractivity contribution in [1.29, 1.82) is 0 Å². The van der Waals surface area contributed by atoms with Gasteiger partial charge >= 0.3 is 6.03 Å². The molecule has 0 fully saturated rings. The molecule has 0 spiro atoms. The van der Waals surface area contributed by atoms with E-state index in [4.69, 9.17) is 0 Å². The number of H-pyrrole nitrogens is 1. The van der Waals surface area contributed by atoms with Crippen LogP contribution >= 0.6 is 11.3 Å². The number of carbonyl (C=O) groups is 1. The summed E-state index contributed by atoms with van der Waals surface area (Å²) in [4.78, 5) is 22.7. The number of fused-ring (bicyclic) bond motifs is 1. The number of amides is 2. The molecule has 2 heterocycles. The first-order valence-electron chi connectivity index (χ1n) is 5.22. The highest BCUT2D eigenvalue weighted by atomic mass is 32.1. The maximum absolute atomic E-state index is 11.7. The van der Waals surface area contributed by atoms with Gasteiger partial charge < -0.3 is 10.3 Å². The number of urea groups is 1. The van der Waals surface area contributed by atoms with Crippen molar-refractivity contribution in [3.63, 3.8) is 0 Å². The van der Waals surface area contributed by atoms with Gasteiger partial charge in [0.1, 0.15) is 0 Å². The molecule has 0 unspecified atom stereocenters. The second-order valence-corrected chi connectivity index (χ2v) is 4.45. The number of hydrogen-bond acceptors (Lipinski definition) is 4. The van der Waals surface area contributed by atoms with Crippen LogP contribution in [0.25, 0.3) is 11.0 Å². The minimum atomic E-state index is -0.316. The van der Waals surface area contributed by atoms with Crippen LogP contribution in [0.5, 0.6) is 0 Å². The van der Waals surface area contributed by atoms with Crippen molar-refractivity contribution in [3.8, 4) is 0 Å². The van der Waals surface area contributed by atoms with Crippen LogP contribution in [0.3, 0.4) is 0 Å². The molecule has 7 heteroatoms. The van der Waals surface area contributed by atoms with Crippen LogP contribution in [0.2, 0.25) is 0 Å². The number of carbonyl (C=O) groups excluding carboxylic acids is 1. The van der Waals surface area contributed by atoms with Crippen LogP contribution < -0.4 is 10.6 Å². The maximum atomic E-state index is 11.7. The summed E-state index contributed by atoms with van der Waals surface area (Å²) in [6, 6.07) is 5.14. The van der Waals surface area contributed by atoms with Crippen molar-refractivity contribution in [1.82, 2.24) is 15.0 Å². The van der Waals surface area contributed by atoms with Gasteiger partial charge in [-0.2, -0.15) is 0 Å². The number of nitrogens with zero attached hydrogens (tertiary/aromatic N) is 2. The molecule has 6 nitrogen and oxygen atoms in total. The largest absolute Gasteiger partial charge is 0.345 e. The van der Waals surface area contributed by atoms with Crippen molar-refractivity contribution in [2.24, 2.45) is 0 Å². The highest BCUT2D eigenvalue weighted by molar-refractivity contribution is 7.13. The fourth-order valence-corrected chi connectivity index (χ4v) is 2.08. The third-order valence-electron chi connectivity index (χ3n) is 2.33. The van der Waals surface area contributed by atoms with Crippen molar-refractivity contribution < 1.29 is 4.79 Å². The predicted molar refractivity (Wildman–Crippen MR) is 70.8 cm³/mol. The van der Waals surface area contributed by atoms with E-state index in [-0.39, 0.29) is 6.03 Å². The molecule has 0 bridgehead atoms. The lowest BCUT2D eigenvalue weighted by Gasteiger charge is -2.05. The number of rotatable bonds is 2. The normalized spacial score (nSPS) is 10.4. The lowest BCUT2D eigenvalue weighted by Crippen LogP contribution is -2.19. The van der Waals surface area contributed by atoms with Crippen LogP contribution in [0, 0.1) is 0 Å². The van der Waals surface area contributed by atoms with Crippen molar-refractivity contribution in [2.75, 3.05) is 10.6 Å². The monoisotopic (exact) mass is 259 g/mol. The maximum Gasteiger partial charge on any atom is 0.325 e. The van der Waals surface area contributed by atoms with Gasteiger partial charge in [0, 0.05) is 17.3 Å². The molecular formula is C11H9N5OS. The summed E-state index contributed by atoms with van der Waals surface area (Å²) >= 11 is 1.37. The molecule has 2 amide bonds. The van der Waals surface area contributed by atoms with E-state index < -0.39 is 0 Å². The van der Waals surface area contributed by atoms with Gasteiger partial charge in [-0.05, 0) is 18.2 Å². The van der Waals surface area contributed by atoms with Gasteiger partial charge in [-0.15, -0.1) is 11.3 Å². The Bertz CT molecular complexity index is 676. The van der Waals surface area contributed by atoms with E-state index in [1.54, 1.807) is 24.0 Å². The molecule has 3 aromatic rings. The van der Waals surface area contributed by atoms with Crippen LogP contribution in [0.15, 0.2) is 36.1 Å². The van der Waals surface area contributed by atoms with Gasteiger partial charge in [0.2, 0.25) is 0 Å². The van der Waals surface area contributed by atoms with E-state index in [0.717, 1.165) is 11.0 Å². The summed E-state index contributed by atoms with van der Waals surface area (Å²) in [5.74, 6) is 0. The molecular weight excluding hydrogens is 250 g/mol. The Morgan fingerprint density at radius 1 is 1.28 bits per heavy atom. The highest BCUT2D eigenvalue weighted by Gasteiger charge is 2.05. The van der Waals surface area contributed by atoms with Gasteiger partial charge in [-0.25, -0.2) is 14.8 Å². The number of nitrogens with one attached hydrogen (secondary N) is 3. The number of aromatic nitrogens is 3. The zero-order chi connectivity index (χ0) is 12.4. The second kappa shape index (κ2) is 4.46. The van der Waals surface area contributed by atoms with E-state index in [2.05, 4.69) is 25.6 Å². The lowest BCUT2D eigenvalue weighted by atomic mass is 10.3. The molecule has 0 aliphatic rings. The molecule has 3 N–H and O–H groups in total. The first kappa shape index (κ1) is 10.7. The molecule has 1 aromatic carbocycles. The standard InChI is InChI=1S/C11H9N5OS/c17-10(16-11-12-3-4-18-11)15-7-1-2-8-9(5-7)14-6-13-8/h1-6H,(H,13,14)(H2,12,15,16,17). The fraction of sp³-hybridized carbons (Fsp3) is 0. The first-order valence-corrected chi connectivity index (χ1v) is 6.10. The fourth-order valence-electron chi connectivity index (χ4n) is 1.56. The third-order valence-corrected chi connectivity index (χ3v) is 3.02. The molecule has 0 atom stereocenters. The zero-order valence-corrected chi connectivity index (χ0v) is 9.99. The van der Waals surface area contributed by atoms with Crippen LogP contribution in [0.4, 0.5) is 15.6 Å². The minimum absolute atomic E-state index is 0.316. The Labute approximate surface area is 106 Å². The smallest absolute Gasteiger partial charge is 0.325 e. The van der Waals surface area contributed by atoms with Gasteiger partial charge in [0.05, 0.1) is 17.4 Å². The number of benzene rings is 1. The predicted octanol–water partition coefficient (Wildman–Crippen LogP) is 2.66. The lowest BCUT2D eigenvalue weighted by molar-refractivity contribution is 0.262. The average Bonchev–Trinajstić information content (AvgIpc) is 2.98. The molecule has 0 aliphatic carbocycles. The van der Waals surface area contributed by atoms with Crippen LogP contribution in [-0.2, 0) is 0 Å². The molecule has 0 saturated carbocycles. The SMILES string of the molecule is O=C(Nc1ccc2nc[nH]c2c1)Nc1nccs1. The van der Waals surface area contributed by atoms with Gasteiger partial charge in [0.25, 0.3) is 0 Å². The second-order valence-electron chi connectivity index (χ2n) is 3.55. The Balaban J connectivity index is 1.73. The van der Waals surface area contributed by atoms with E-state index in [9.17, 15) is 4.79 Å². The molecule has 3 rings (SSSR count). The van der Waals surface area contributed by atoms with E-state index in [1.165, 1.54) is 11.3 Å². The minimum Gasteiger partial charge on any atom is -0.345 e. The first-order chi connectivity index (χ1) is 8.81. The van der Waals surface area contributed by atoms with Crippen molar-refractivity contribution in [3.05, 3.63) is 36.1 Å². The third kappa shape index (κ3) is 2.16. The van der Waals surface area contributed by atoms with Gasteiger partial charge in [0.15, 0.2) is 5.13 Å². The summed E-state index contributed by atoms with van der Waals surface area (Å²) in [5.41, 5.74) is 2.43. The molecule has 0 radical (unpaired) electrons. The quantitative estimate of drug-likeness (QED) is 0.661. The summed E-state index contributed by atoms with van der Waals surface area (Å²) < 4.78 is 0. The Hall–Kier alpha value is -2.41. The number of thiazole rings is 1. The van der Waals surface area contributed by atoms with Gasteiger partial charge in [-0.1, -0.05) is 0 Å².